The number of hydrogen-bond acceptors (Lipinski definition) is 10. The number of aliphatic carboxylic acids is 1. The Morgan fingerprint density at radius 2 is 1.48 bits per heavy atom. The minimum atomic E-state index is -1.60. The molecule has 1 heterocycles. The molecule has 5 amide bonds. The van der Waals surface area contributed by atoms with E-state index < -0.39 is 72.1 Å². The average Bonchev–Trinajstić information content (AvgIpc) is 3.43. The fraction of sp³-hybridized carbons (Fsp3) is 0.517. The van der Waals surface area contributed by atoms with E-state index in [2.05, 4.69) is 38.9 Å². The smallest absolute Gasteiger partial charge is 0.326 e. The zero-order valence-electron chi connectivity index (χ0n) is 25.6. The summed E-state index contributed by atoms with van der Waals surface area (Å²) in [4.78, 5) is 79.3. The van der Waals surface area contributed by atoms with Crippen LogP contribution in [0.15, 0.2) is 30.5 Å². The molecule has 0 aliphatic carbocycles. The van der Waals surface area contributed by atoms with Crippen LogP contribution in [0.5, 0.6) is 0 Å². The summed E-state index contributed by atoms with van der Waals surface area (Å²) < 4.78 is 0. The normalized spacial score (nSPS) is 14.3. The molecule has 17 heteroatoms. The summed E-state index contributed by atoms with van der Waals surface area (Å²) in [6.07, 6.45) is 4.33. The van der Waals surface area contributed by atoms with E-state index in [1.165, 1.54) is 11.8 Å². The number of nitrogens with two attached hydrogens (primary N) is 3. The molecule has 0 aliphatic heterocycles. The zero-order valence-corrected chi connectivity index (χ0v) is 27.3. The molecule has 2 aromatic rings. The fourth-order valence-corrected chi connectivity index (χ4v) is 5.21. The predicted molar refractivity (Wildman–Crippen MR) is 179 cm³/mol. The maximum atomic E-state index is 13.8. The number of aromatic amines is 1. The topological polar surface area (TPSA) is 265 Å². The standard InChI is InChI=1S/C29H44N8O7S2/c1-46-11-9-21(27(41)37-23(29(43)44)13-24(32)38)35-28(42)22(12-16-14-33-19-7-3-2-6-17(16)19)36-26(40)20(8-4-5-10-30)34-25(39)18(31)15-45/h2-3,6-7,14,18,20-23,33,45H,4-5,8-13,15,30-31H2,1H3,(H2,32,38)(H,34,39)(H,35,42)(H,36,40)(H,37,41)(H,43,44)/t18-,20-,21-,22-,23-/m0/s1. The summed E-state index contributed by atoms with van der Waals surface area (Å²) in [5.74, 6) is -4.70. The number of carboxylic acid groups (broad SMARTS) is 1. The van der Waals surface area contributed by atoms with Gasteiger partial charge in [0.2, 0.25) is 29.5 Å². The van der Waals surface area contributed by atoms with Crippen LogP contribution in [0.4, 0.5) is 0 Å². The van der Waals surface area contributed by atoms with Crippen molar-refractivity contribution in [3.05, 3.63) is 36.0 Å². The van der Waals surface area contributed by atoms with Crippen molar-refractivity contribution in [3.8, 4) is 0 Å². The number of fused-ring (bicyclic) bond motifs is 1. The summed E-state index contributed by atoms with van der Waals surface area (Å²) in [5, 5.41) is 20.5. The molecule has 12 N–H and O–H groups in total. The number of carboxylic acids is 1. The number of thioether (sulfide) groups is 1. The summed E-state index contributed by atoms with van der Waals surface area (Å²) in [5.41, 5.74) is 18.1. The van der Waals surface area contributed by atoms with E-state index in [0.29, 0.717) is 30.7 Å². The molecule has 0 saturated carbocycles. The molecular formula is C29H44N8O7S2. The lowest BCUT2D eigenvalue weighted by Crippen LogP contribution is -2.59. The number of thiol groups is 1. The zero-order chi connectivity index (χ0) is 34.2. The van der Waals surface area contributed by atoms with Crippen LogP contribution in [0.25, 0.3) is 10.9 Å². The number of nitrogens with one attached hydrogen (secondary N) is 5. The molecule has 254 valence electrons. The van der Waals surface area contributed by atoms with Gasteiger partial charge in [-0.1, -0.05) is 18.2 Å². The van der Waals surface area contributed by atoms with Crippen molar-refractivity contribution >= 4 is 70.8 Å². The van der Waals surface area contributed by atoms with Gasteiger partial charge in [0, 0.05) is 29.3 Å². The summed E-state index contributed by atoms with van der Waals surface area (Å²) in [6, 6.07) is 1.37. The van der Waals surface area contributed by atoms with Gasteiger partial charge in [0.15, 0.2) is 0 Å². The van der Waals surface area contributed by atoms with Gasteiger partial charge in [-0.3, -0.25) is 24.0 Å². The van der Waals surface area contributed by atoms with E-state index in [9.17, 15) is 33.9 Å². The summed E-state index contributed by atoms with van der Waals surface area (Å²) in [6.45, 7) is 0.381. The van der Waals surface area contributed by atoms with Crippen LogP contribution in [0.1, 0.15) is 37.7 Å². The summed E-state index contributed by atoms with van der Waals surface area (Å²) in [7, 11) is 0. The van der Waals surface area contributed by atoms with Crippen LogP contribution in [-0.4, -0.2) is 100 Å². The highest BCUT2D eigenvalue weighted by atomic mass is 32.2. The molecule has 1 aromatic heterocycles. The third-order valence-corrected chi connectivity index (χ3v) is 8.15. The molecule has 46 heavy (non-hydrogen) atoms. The number of unbranched alkanes of at least 4 members (excludes halogenated alkanes) is 1. The first-order valence-corrected chi connectivity index (χ1v) is 16.8. The Balaban J connectivity index is 2.39. The van der Waals surface area contributed by atoms with Crippen molar-refractivity contribution in [3.63, 3.8) is 0 Å². The second-order valence-electron chi connectivity index (χ2n) is 10.7. The first-order valence-electron chi connectivity index (χ1n) is 14.7. The van der Waals surface area contributed by atoms with E-state index in [1.807, 2.05) is 24.3 Å². The molecule has 5 atom stereocenters. The SMILES string of the molecule is CSCC[C@H](NC(=O)[C@H](Cc1c[nH]c2ccccc12)NC(=O)[C@H](CCCCN)NC(=O)[C@@H](N)CS)C(=O)N[C@@H](CC(N)=O)C(=O)O. The van der Waals surface area contributed by atoms with E-state index in [0.717, 1.165) is 10.9 Å². The van der Waals surface area contributed by atoms with Crippen LogP contribution in [0.3, 0.4) is 0 Å². The number of primary amides is 1. The molecule has 1 aromatic carbocycles. The lowest BCUT2D eigenvalue weighted by atomic mass is 10.0. The van der Waals surface area contributed by atoms with Gasteiger partial charge >= 0.3 is 5.97 Å². The molecule has 0 saturated heterocycles. The average molecular weight is 681 g/mol. The monoisotopic (exact) mass is 680 g/mol. The van der Waals surface area contributed by atoms with E-state index in [4.69, 9.17) is 17.2 Å². The van der Waals surface area contributed by atoms with Crippen molar-refractivity contribution in [1.29, 1.82) is 0 Å². The Morgan fingerprint density at radius 1 is 0.891 bits per heavy atom. The van der Waals surface area contributed by atoms with Crippen molar-refractivity contribution < 1.29 is 33.9 Å². The number of carbonyl (C=O) groups is 6. The Labute approximate surface area is 276 Å². The van der Waals surface area contributed by atoms with Gasteiger partial charge < -0.3 is 48.6 Å². The minimum absolute atomic E-state index is 0.0114. The van der Waals surface area contributed by atoms with Crippen LogP contribution < -0.4 is 38.5 Å². The largest absolute Gasteiger partial charge is 0.480 e. The van der Waals surface area contributed by atoms with Gasteiger partial charge in [-0.15, -0.1) is 0 Å². The number of rotatable bonds is 21. The molecule has 2 rings (SSSR count). The van der Waals surface area contributed by atoms with Gasteiger partial charge in [0.25, 0.3) is 0 Å². The Bertz CT molecular complexity index is 1360. The number of hydrogen-bond donors (Lipinski definition) is 10. The second-order valence-corrected chi connectivity index (χ2v) is 12.0. The van der Waals surface area contributed by atoms with Gasteiger partial charge in [-0.25, -0.2) is 4.79 Å². The van der Waals surface area contributed by atoms with Gasteiger partial charge in [0.1, 0.15) is 24.2 Å². The predicted octanol–water partition coefficient (Wildman–Crippen LogP) is -1.25. The van der Waals surface area contributed by atoms with Crippen LogP contribution >= 0.6 is 24.4 Å². The highest BCUT2D eigenvalue weighted by Crippen LogP contribution is 2.19. The number of amides is 5. The first-order chi connectivity index (χ1) is 21.9. The number of carbonyl (C=O) groups excluding carboxylic acids is 5. The first kappa shape index (κ1) is 38.4. The number of H-pyrrole nitrogens is 1. The number of benzene rings is 1. The van der Waals surface area contributed by atoms with Crippen LogP contribution in [0, 0.1) is 0 Å². The highest BCUT2D eigenvalue weighted by Gasteiger charge is 2.32. The number of para-hydroxylation sites is 1. The minimum Gasteiger partial charge on any atom is -0.480 e. The second kappa shape index (κ2) is 19.7. The fourth-order valence-electron chi connectivity index (χ4n) is 4.58. The molecule has 0 bridgehead atoms. The highest BCUT2D eigenvalue weighted by molar-refractivity contribution is 7.98. The quantitative estimate of drug-likeness (QED) is 0.0553. The molecule has 15 nitrogen and oxygen atoms in total. The van der Waals surface area contributed by atoms with Gasteiger partial charge in [-0.05, 0) is 55.9 Å². The molecule has 0 spiro atoms. The molecule has 0 fully saturated rings. The summed E-state index contributed by atoms with van der Waals surface area (Å²) >= 11 is 5.44. The molecule has 0 radical (unpaired) electrons. The lowest BCUT2D eigenvalue weighted by Gasteiger charge is -2.26. The Hall–Kier alpha value is -3.80. The third-order valence-electron chi connectivity index (χ3n) is 7.11. The van der Waals surface area contributed by atoms with Crippen molar-refractivity contribution in [2.75, 3.05) is 24.3 Å². The molecule has 0 unspecified atom stereocenters. The van der Waals surface area contributed by atoms with Crippen LogP contribution in [0.2, 0.25) is 0 Å². The van der Waals surface area contributed by atoms with Gasteiger partial charge in [0.05, 0.1) is 12.5 Å². The Kier molecular flexibility index (Phi) is 16.4. The molecule has 0 aliphatic rings. The molecular weight excluding hydrogens is 637 g/mol. The van der Waals surface area contributed by atoms with Crippen molar-refractivity contribution in [2.24, 2.45) is 17.2 Å². The maximum absolute atomic E-state index is 13.8. The van der Waals surface area contributed by atoms with E-state index >= 15 is 0 Å². The maximum Gasteiger partial charge on any atom is 0.326 e. The van der Waals surface area contributed by atoms with Crippen molar-refractivity contribution in [2.45, 2.75) is 68.7 Å². The van der Waals surface area contributed by atoms with E-state index in [-0.39, 0.29) is 25.0 Å². The lowest BCUT2D eigenvalue weighted by molar-refractivity contribution is -0.143. The van der Waals surface area contributed by atoms with Crippen LogP contribution in [-0.2, 0) is 35.2 Å². The Morgan fingerprint density at radius 3 is 2.09 bits per heavy atom. The third kappa shape index (κ3) is 12.2. The van der Waals surface area contributed by atoms with E-state index in [1.54, 1.807) is 12.5 Å². The van der Waals surface area contributed by atoms with Crippen molar-refractivity contribution in [1.82, 2.24) is 26.3 Å². The van der Waals surface area contributed by atoms with Gasteiger partial charge in [-0.2, -0.15) is 24.4 Å². The number of aromatic nitrogens is 1.